The van der Waals surface area contributed by atoms with E-state index in [1.165, 1.54) is 6.07 Å². The highest BCUT2D eigenvalue weighted by molar-refractivity contribution is 6.31. The second-order valence-corrected chi connectivity index (χ2v) is 5.36. The highest BCUT2D eigenvalue weighted by Gasteiger charge is 2.16. The lowest BCUT2D eigenvalue weighted by molar-refractivity contribution is 0.637. The summed E-state index contributed by atoms with van der Waals surface area (Å²) in [4.78, 5) is 4.45. The van der Waals surface area contributed by atoms with Gasteiger partial charge < -0.3 is 10.3 Å². The number of hydrogen-bond donors (Lipinski definition) is 1. The number of anilines is 1. The van der Waals surface area contributed by atoms with Crippen LogP contribution in [0.2, 0.25) is 5.02 Å². The summed E-state index contributed by atoms with van der Waals surface area (Å²) in [5.41, 5.74) is 8.48. The summed E-state index contributed by atoms with van der Waals surface area (Å²) in [6.45, 7) is 2.80. The fraction of sp³-hybridized carbons (Fsp3) is 0.188. The normalized spacial score (nSPS) is 11.2. The van der Waals surface area contributed by atoms with Crippen LogP contribution >= 0.6 is 11.6 Å². The Morgan fingerprint density at radius 1 is 1.29 bits per heavy atom. The molecule has 0 amide bonds. The zero-order valence-corrected chi connectivity index (χ0v) is 12.4. The van der Waals surface area contributed by atoms with Gasteiger partial charge in [0.15, 0.2) is 5.82 Å². The van der Waals surface area contributed by atoms with Gasteiger partial charge in [0.2, 0.25) is 0 Å². The summed E-state index contributed by atoms with van der Waals surface area (Å²) in [6.07, 6.45) is 0.912. The minimum atomic E-state index is -0.329. The first-order chi connectivity index (χ1) is 10.1. The zero-order chi connectivity index (χ0) is 15.0. The van der Waals surface area contributed by atoms with Crippen molar-refractivity contribution in [2.45, 2.75) is 19.9 Å². The molecule has 21 heavy (non-hydrogen) atoms. The van der Waals surface area contributed by atoms with Gasteiger partial charge in [-0.3, -0.25) is 0 Å². The maximum atomic E-state index is 14.0. The molecule has 0 spiro atoms. The topological polar surface area (TPSA) is 43.8 Å². The summed E-state index contributed by atoms with van der Waals surface area (Å²) in [5, 5.41) is 0.578. The summed E-state index contributed by atoms with van der Waals surface area (Å²) in [5.74, 6) is 0.321. The average molecular weight is 304 g/mol. The van der Waals surface area contributed by atoms with Gasteiger partial charge in [-0.15, -0.1) is 0 Å². The fourth-order valence-electron chi connectivity index (χ4n) is 2.49. The van der Waals surface area contributed by atoms with Gasteiger partial charge in [0.25, 0.3) is 0 Å². The van der Waals surface area contributed by atoms with E-state index in [-0.39, 0.29) is 5.82 Å². The predicted octanol–water partition coefficient (Wildman–Crippen LogP) is 4.49. The van der Waals surface area contributed by atoms with Crippen molar-refractivity contribution in [2.24, 2.45) is 0 Å². The van der Waals surface area contributed by atoms with Crippen LogP contribution in [0.4, 0.5) is 10.1 Å². The largest absolute Gasteiger partial charge is 0.398 e. The first-order valence-corrected chi connectivity index (χ1v) is 7.19. The van der Waals surface area contributed by atoms with Crippen LogP contribution in [0.5, 0.6) is 0 Å². The lowest BCUT2D eigenvalue weighted by atomic mass is 10.1. The number of fused-ring (bicyclic) bond motifs is 1. The Kier molecular flexibility index (Phi) is 3.55. The number of para-hydroxylation sites is 1. The van der Waals surface area contributed by atoms with Gasteiger partial charge in [0.1, 0.15) is 11.3 Å². The van der Waals surface area contributed by atoms with Gasteiger partial charge in [-0.25, -0.2) is 9.37 Å². The number of rotatable bonds is 3. The molecule has 0 atom stereocenters. The van der Waals surface area contributed by atoms with Crippen LogP contribution in [-0.4, -0.2) is 9.55 Å². The van der Waals surface area contributed by atoms with Gasteiger partial charge in [-0.05, 0) is 36.8 Å². The van der Waals surface area contributed by atoms with Crippen LogP contribution in [0, 0.1) is 5.82 Å². The van der Waals surface area contributed by atoms with Crippen LogP contribution in [-0.2, 0) is 6.54 Å². The smallest absolute Gasteiger partial charge is 0.151 e. The number of hydrogen-bond acceptors (Lipinski definition) is 2. The van der Waals surface area contributed by atoms with Crippen molar-refractivity contribution in [1.82, 2.24) is 9.55 Å². The number of imidazole rings is 1. The monoisotopic (exact) mass is 303 g/mol. The third-order valence-corrected chi connectivity index (χ3v) is 3.67. The number of nitrogen functional groups attached to an aromatic ring is 1. The third kappa shape index (κ3) is 2.36. The van der Waals surface area contributed by atoms with Crippen LogP contribution < -0.4 is 5.73 Å². The maximum absolute atomic E-state index is 14.0. The number of nitrogens with zero attached hydrogens (tertiary/aromatic N) is 2. The quantitative estimate of drug-likeness (QED) is 0.725. The van der Waals surface area contributed by atoms with E-state index in [1.54, 1.807) is 24.3 Å². The van der Waals surface area contributed by atoms with Crippen molar-refractivity contribution in [3.8, 4) is 11.4 Å². The molecular weight excluding hydrogens is 289 g/mol. The van der Waals surface area contributed by atoms with Crippen molar-refractivity contribution < 1.29 is 4.39 Å². The first-order valence-electron chi connectivity index (χ1n) is 6.82. The Hall–Kier alpha value is -2.07. The van der Waals surface area contributed by atoms with E-state index < -0.39 is 0 Å². The van der Waals surface area contributed by atoms with E-state index in [0.717, 1.165) is 24.0 Å². The van der Waals surface area contributed by atoms with E-state index in [0.29, 0.717) is 22.1 Å². The second-order valence-electron chi connectivity index (χ2n) is 4.93. The lowest BCUT2D eigenvalue weighted by Gasteiger charge is -2.10. The molecule has 0 aliphatic carbocycles. The molecule has 0 fully saturated rings. The molecule has 1 aromatic heterocycles. The molecule has 2 aromatic carbocycles. The number of halogens is 2. The van der Waals surface area contributed by atoms with Crippen molar-refractivity contribution in [2.75, 3.05) is 5.73 Å². The molecule has 0 unspecified atom stereocenters. The first kappa shape index (κ1) is 13.9. The molecule has 0 saturated heterocycles. The van der Waals surface area contributed by atoms with Gasteiger partial charge in [0, 0.05) is 22.8 Å². The molecule has 1 heterocycles. The molecular formula is C16H15ClFN3. The fourth-order valence-corrected chi connectivity index (χ4v) is 2.66. The number of benzene rings is 2. The molecule has 3 aromatic rings. The van der Waals surface area contributed by atoms with Gasteiger partial charge in [-0.1, -0.05) is 24.6 Å². The Morgan fingerprint density at radius 2 is 2.10 bits per heavy atom. The average Bonchev–Trinajstić information content (AvgIpc) is 2.82. The van der Waals surface area contributed by atoms with E-state index in [1.807, 2.05) is 10.6 Å². The molecule has 5 heteroatoms. The summed E-state index contributed by atoms with van der Waals surface area (Å²) >= 11 is 6.06. The maximum Gasteiger partial charge on any atom is 0.151 e. The van der Waals surface area contributed by atoms with E-state index in [4.69, 9.17) is 17.3 Å². The number of aryl methyl sites for hydroxylation is 1. The number of nitrogens with two attached hydrogens (primary N) is 1. The molecule has 0 saturated carbocycles. The zero-order valence-electron chi connectivity index (χ0n) is 11.6. The highest BCUT2D eigenvalue weighted by Crippen LogP contribution is 2.32. The van der Waals surface area contributed by atoms with Gasteiger partial charge >= 0.3 is 0 Å². The summed E-state index contributed by atoms with van der Waals surface area (Å²) in [6, 6.07) is 10.2. The molecule has 0 aliphatic heterocycles. The lowest BCUT2D eigenvalue weighted by Crippen LogP contribution is -2.01. The van der Waals surface area contributed by atoms with Gasteiger partial charge in [0.05, 0.1) is 5.52 Å². The second kappa shape index (κ2) is 5.37. The van der Waals surface area contributed by atoms with Crippen molar-refractivity contribution in [3.63, 3.8) is 0 Å². The third-order valence-electron chi connectivity index (χ3n) is 3.43. The molecule has 2 N–H and O–H groups in total. The van der Waals surface area contributed by atoms with Crippen molar-refractivity contribution in [1.29, 1.82) is 0 Å². The molecule has 3 rings (SSSR count). The molecule has 0 aliphatic rings. The Morgan fingerprint density at radius 3 is 2.86 bits per heavy atom. The predicted molar refractivity (Wildman–Crippen MR) is 84.8 cm³/mol. The minimum absolute atomic E-state index is 0.329. The highest BCUT2D eigenvalue weighted by atomic mass is 35.5. The molecule has 3 nitrogen and oxygen atoms in total. The SMILES string of the molecule is CCCn1c(-c2cc(Cl)ccc2N)nc2c(F)cccc21. The van der Waals surface area contributed by atoms with Crippen molar-refractivity contribution >= 4 is 28.3 Å². The van der Waals surface area contributed by atoms with E-state index in [2.05, 4.69) is 11.9 Å². The Bertz CT molecular complexity index is 811. The molecule has 0 radical (unpaired) electrons. The number of aromatic nitrogens is 2. The minimum Gasteiger partial charge on any atom is -0.398 e. The van der Waals surface area contributed by atoms with Crippen LogP contribution in [0.3, 0.4) is 0 Å². The van der Waals surface area contributed by atoms with Crippen molar-refractivity contribution in [3.05, 3.63) is 47.2 Å². The van der Waals surface area contributed by atoms with E-state index in [9.17, 15) is 4.39 Å². The molecule has 0 bridgehead atoms. The standard InChI is InChI=1S/C16H15ClFN3/c1-2-8-21-14-5-3-4-12(18)15(14)20-16(21)11-9-10(17)6-7-13(11)19/h3-7,9H,2,8,19H2,1H3. The van der Waals surface area contributed by atoms with Crippen LogP contribution in [0.25, 0.3) is 22.4 Å². The van der Waals surface area contributed by atoms with E-state index >= 15 is 0 Å². The van der Waals surface area contributed by atoms with Crippen LogP contribution in [0.1, 0.15) is 13.3 Å². The summed E-state index contributed by atoms with van der Waals surface area (Å²) < 4.78 is 16.0. The Balaban J connectivity index is 2.33. The van der Waals surface area contributed by atoms with Gasteiger partial charge in [-0.2, -0.15) is 0 Å². The van der Waals surface area contributed by atoms with Crippen LogP contribution in [0.15, 0.2) is 36.4 Å². The molecule has 108 valence electrons. The Labute approximate surface area is 127 Å². The summed E-state index contributed by atoms with van der Waals surface area (Å²) in [7, 11) is 0.